The lowest BCUT2D eigenvalue weighted by atomic mass is 9.88. The molecule has 2 aliphatic heterocycles. The minimum Gasteiger partial charge on any atom is -0.390 e. The summed E-state index contributed by atoms with van der Waals surface area (Å²) in [5, 5.41) is 6.60. The molecular formula is C21H29N3O. The summed E-state index contributed by atoms with van der Waals surface area (Å²) in [5.41, 5.74) is 6.01. The molecule has 0 spiro atoms. The van der Waals surface area contributed by atoms with Crippen LogP contribution in [0.5, 0.6) is 0 Å². The van der Waals surface area contributed by atoms with Crippen LogP contribution in [0.1, 0.15) is 48.3 Å². The van der Waals surface area contributed by atoms with Crippen molar-refractivity contribution in [2.75, 3.05) is 20.1 Å². The molecule has 4 nitrogen and oxygen atoms in total. The number of carbonyl (C=O) groups excluding carboxylic acids is 1. The highest BCUT2D eigenvalue weighted by atomic mass is 16.1. The number of likely N-dealkylation sites (N-methyl/N-ethyl adjacent to an activating group) is 1. The van der Waals surface area contributed by atoms with Gasteiger partial charge in [0.05, 0.1) is 6.04 Å². The maximum absolute atomic E-state index is 10.9. The van der Waals surface area contributed by atoms with Crippen molar-refractivity contribution in [3.63, 3.8) is 0 Å². The molecule has 1 unspecified atom stereocenters. The van der Waals surface area contributed by atoms with E-state index < -0.39 is 0 Å². The molecule has 0 aliphatic carbocycles. The van der Waals surface area contributed by atoms with Crippen LogP contribution < -0.4 is 10.6 Å². The van der Waals surface area contributed by atoms with E-state index >= 15 is 0 Å². The molecule has 1 aromatic carbocycles. The normalized spacial score (nSPS) is 18.8. The number of fused-ring (bicyclic) bond motifs is 1. The van der Waals surface area contributed by atoms with Crippen molar-refractivity contribution in [3.05, 3.63) is 53.7 Å². The maximum Gasteiger partial charge on any atom is 0.120 e. The predicted octanol–water partition coefficient (Wildman–Crippen LogP) is 3.02. The number of piperidine rings is 1. The minimum absolute atomic E-state index is 0.0948. The number of nitrogens with zero attached hydrogens (tertiary/aromatic N) is 1. The van der Waals surface area contributed by atoms with Crippen LogP contribution in [-0.2, 0) is 11.3 Å². The standard InChI is InChI=1S/C21H29N3O/c1-15(22-3)21(5-4-12-25)24-14-19-13-18(6-7-20(19)16(24)2)17-8-10-23-11-9-17/h6-7,12-13,17,21-23H,1-2,4-5,8-11,14H2,3H3. The third-order valence-corrected chi connectivity index (χ3v) is 5.60. The molecule has 1 fully saturated rings. The number of carbonyl (C=O) groups is 1. The van der Waals surface area contributed by atoms with Gasteiger partial charge in [0.15, 0.2) is 0 Å². The van der Waals surface area contributed by atoms with Crippen LogP contribution in [0.25, 0.3) is 5.70 Å². The van der Waals surface area contributed by atoms with Gasteiger partial charge in [-0.05, 0) is 49.4 Å². The highest BCUT2D eigenvalue weighted by Crippen LogP contribution is 2.38. The lowest BCUT2D eigenvalue weighted by Crippen LogP contribution is -2.35. The van der Waals surface area contributed by atoms with Crippen molar-refractivity contribution in [2.45, 2.75) is 44.2 Å². The second kappa shape index (κ2) is 7.87. The fraction of sp³-hybridized carbons (Fsp3) is 0.476. The van der Waals surface area contributed by atoms with E-state index in [1.807, 2.05) is 7.05 Å². The second-order valence-electron chi connectivity index (χ2n) is 7.05. The highest BCUT2D eigenvalue weighted by molar-refractivity contribution is 5.70. The summed E-state index contributed by atoms with van der Waals surface area (Å²) in [6.45, 7) is 11.5. The van der Waals surface area contributed by atoms with Gasteiger partial charge in [0.2, 0.25) is 0 Å². The van der Waals surface area contributed by atoms with E-state index in [1.54, 1.807) is 0 Å². The van der Waals surface area contributed by atoms with Gasteiger partial charge >= 0.3 is 0 Å². The van der Waals surface area contributed by atoms with Gasteiger partial charge in [0.25, 0.3) is 0 Å². The summed E-state index contributed by atoms with van der Waals surface area (Å²) in [6, 6.07) is 6.97. The first-order valence-corrected chi connectivity index (χ1v) is 9.25. The zero-order valence-corrected chi connectivity index (χ0v) is 15.2. The SMILES string of the molecule is C=C(NC)C(CCC=O)N1Cc2cc(C3CCNCC3)ccc2C1=C. The molecule has 0 amide bonds. The molecule has 1 saturated heterocycles. The van der Waals surface area contributed by atoms with Crippen molar-refractivity contribution in [3.8, 4) is 0 Å². The van der Waals surface area contributed by atoms with Crippen molar-refractivity contribution in [1.29, 1.82) is 0 Å². The Hall–Kier alpha value is -2.07. The molecule has 0 saturated carbocycles. The summed E-state index contributed by atoms with van der Waals surface area (Å²) in [7, 11) is 1.89. The van der Waals surface area contributed by atoms with Gasteiger partial charge < -0.3 is 20.3 Å². The first-order chi connectivity index (χ1) is 12.2. The van der Waals surface area contributed by atoms with Crippen LogP contribution in [0.3, 0.4) is 0 Å². The third-order valence-electron chi connectivity index (χ3n) is 5.60. The fourth-order valence-electron chi connectivity index (χ4n) is 4.08. The van der Waals surface area contributed by atoms with Gasteiger partial charge in [-0.1, -0.05) is 31.4 Å². The molecule has 0 bridgehead atoms. The number of benzene rings is 1. The molecule has 3 rings (SSSR count). The van der Waals surface area contributed by atoms with Gasteiger partial charge in [0.1, 0.15) is 6.29 Å². The van der Waals surface area contributed by atoms with E-state index in [0.717, 1.165) is 43.7 Å². The summed E-state index contributed by atoms with van der Waals surface area (Å²) in [4.78, 5) is 13.1. The molecule has 134 valence electrons. The lowest BCUT2D eigenvalue weighted by molar-refractivity contribution is -0.108. The largest absolute Gasteiger partial charge is 0.390 e. The molecule has 2 aliphatic rings. The van der Waals surface area contributed by atoms with Crippen LogP contribution in [0.4, 0.5) is 0 Å². The Balaban J connectivity index is 1.81. The van der Waals surface area contributed by atoms with Gasteiger partial charge in [-0.3, -0.25) is 0 Å². The number of hydrogen-bond acceptors (Lipinski definition) is 4. The van der Waals surface area contributed by atoms with Crippen molar-refractivity contribution < 1.29 is 4.79 Å². The summed E-state index contributed by atoms with van der Waals surface area (Å²) < 4.78 is 0. The van der Waals surface area contributed by atoms with E-state index in [9.17, 15) is 4.79 Å². The monoisotopic (exact) mass is 339 g/mol. The zero-order chi connectivity index (χ0) is 17.8. The van der Waals surface area contributed by atoms with Crippen LogP contribution in [0.2, 0.25) is 0 Å². The van der Waals surface area contributed by atoms with E-state index in [2.05, 4.69) is 46.9 Å². The maximum atomic E-state index is 10.9. The number of aldehydes is 1. The van der Waals surface area contributed by atoms with Crippen LogP contribution in [0.15, 0.2) is 37.1 Å². The van der Waals surface area contributed by atoms with Gasteiger partial charge in [0, 0.05) is 37.0 Å². The summed E-state index contributed by atoms with van der Waals surface area (Å²) >= 11 is 0. The molecule has 0 aromatic heterocycles. The Morgan fingerprint density at radius 3 is 2.88 bits per heavy atom. The van der Waals surface area contributed by atoms with Crippen molar-refractivity contribution in [2.24, 2.45) is 0 Å². The highest BCUT2D eigenvalue weighted by Gasteiger charge is 2.30. The van der Waals surface area contributed by atoms with E-state index in [1.165, 1.54) is 29.5 Å². The first-order valence-electron chi connectivity index (χ1n) is 9.25. The quantitative estimate of drug-likeness (QED) is 0.750. The number of rotatable bonds is 7. The number of nitrogens with one attached hydrogen (secondary N) is 2. The average Bonchev–Trinajstić information content (AvgIpc) is 2.98. The van der Waals surface area contributed by atoms with Gasteiger partial charge in [-0.15, -0.1) is 0 Å². The Bertz CT molecular complexity index is 661. The molecule has 1 aromatic rings. The van der Waals surface area contributed by atoms with E-state index in [0.29, 0.717) is 12.3 Å². The third kappa shape index (κ3) is 3.64. The average molecular weight is 339 g/mol. The van der Waals surface area contributed by atoms with Crippen LogP contribution in [0, 0.1) is 0 Å². The molecule has 0 radical (unpaired) electrons. The van der Waals surface area contributed by atoms with Crippen LogP contribution in [-0.4, -0.2) is 37.4 Å². The van der Waals surface area contributed by atoms with Gasteiger partial charge in [-0.25, -0.2) is 0 Å². The molecule has 2 N–H and O–H groups in total. The smallest absolute Gasteiger partial charge is 0.120 e. The molecule has 25 heavy (non-hydrogen) atoms. The lowest BCUT2D eigenvalue weighted by Gasteiger charge is -2.31. The Morgan fingerprint density at radius 2 is 2.20 bits per heavy atom. The van der Waals surface area contributed by atoms with Crippen LogP contribution >= 0.6 is 0 Å². The van der Waals surface area contributed by atoms with E-state index in [-0.39, 0.29) is 6.04 Å². The van der Waals surface area contributed by atoms with Crippen molar-refractivity contribution >= 4 is 12.0 Å². The van der Waals surface area contributed by atoms with Crippen molar-refractivity contribution in [1.82, 2.24) is 15.5 Å². The number of hydrogen-bond donors (Lipinski definition) is 2. The summed E-state index contributed by atoms with van der Waals surface area (Å²) in [5.74, 6) is 0.659. The first kappa shape index (κ1) is 17.7. The molecule has 2 heterocycles. The second-order valence-corrected chi connectivity index (χ2v) is 7.05. The topological polar surface area (TPSA) is 44.4 Å². The molecular weight excluding hydrogens is 310 g/mol. The summed E-state index contributed by atoms with van der Waals surface area (Å²) in [6.07, 6.45) is 4.70. The molecule has 4 heteroatoms. The molecule has 1 atom stereocenters. The zero-order valence-electron chi connectivity index (χ0n) is 15.2. The predicted molar refractivity (Wildman–Crippen MR) is 103 cm³/mol. The Kier molecular flexibility index (Phi) is 5.59. The van der Waals surface area contributed by atoms with Gasteiger partial charge in [-0.2, -0.15) is 0 Å². The fourth-order valence-corrected chi connectivity index (χ4v) is 4.08. The minimum atomic E-state index is 0.0948. The Morgan fingerprint density at radius 1 is 1.44 bits per heavy atom. The van der Waals surface area contributed by atoms with E-state index in [4.69, 9.17) is 0 Å². The Labute approximate surface area is 151 Å².